The fourth-order valence-electron chi connectivity index (χ4n) is 2.85. The maximum Gasteiger partial charge on any atom is 0.319 e. The van der Waals surface area contributed by atoms with Gasteiger partial charge in [0.1, 0.15) is 6.04 Å². The lowest BCUT2D eigenvalue weighted by molar-refractivity contribution is -0.118. The zero-order valence-corrected chi connectivity index (χ0v) is 19.1. The molecule has 4 N–H and O–H groups in total. The van der Waals surface area contributed by atoms with Gasteiger partial charge in [-0.15, -0.1) is 0 Å². The van der Waals surface area contributed by atoms with Crippen LogP contribution in [-0.2, 0) is 4.79 Å². The molecule has 0 aliphatic heterocycles. The van der Waals surface area contributed by atoms with Crippen molar-refractivity contribution in [2.75, 3.05) is 17.2 Å². The Morgan fingerprint density at radius 1 is 0.968 bits per heavy atom. The summed E-state index contributed by atoms with van der Waals surface area (Å²) >= 11 is 12.0. The fourth-order valence-corrected chi connectivity index (χ4v) is 3.35. The molecule has 0 saturated heterocycles. The monoisotopic (exact) mass is 464 g/mol. The molecule has 0 aromatic heterocycles. The molecule has 2 rings (SSSR count). The lowest BCUT2D eigenvalue weighted by atomic mass is 10.0. The smallest absolute Gasteiger partial charge is 0.319 e. The molecule has 0 heterocycles. The predicted molar refractivity (Wildman–Crippen MR) is 125 cm³/mol. The second kappa shape index (κ2) is 11.6. The van der Waals surface area contributed by atoms with Gasteiger partial charge in [-0.25, -0.2) is 4.79 Å². The van der Waals surface area contributed by atoms with Gasteiger partial charge in [0.2, 0.25) is 5.91 Å². The molecule has 0 fully saturated rings. The van der Waals surface area contributed by atoms with Gasteiger partial charge in [-0.2, -0.15) is 0 Å². The van der Waals surface area contributed by atoms with Crippen molar-refractivity contribution in [3.05, 3.63) is 58.1 Å². The summed E-state index contributed by atoms with van der Waals surface area (Å²) in [5, 5.41) is 11.5. The molecular formula is C22H26Cl2N4O3. The number of carbonyl (C=O) groups is 3. The number of nitrogens with one attached hydrogen (secondary N) is 4. The van der Waals surface area contributed by atoms with E-state index >= 15 is 0 Å². The average Bonchev–Trinajstić information content (AvgIpc) is 2.67. The molecule has 2 aromatic carbocycles. The molecule has 0 aliphatic carbocycles. The van der Waals surface area contributed by atoms with Crippen molar-refractivity contribution < 1.29 is 14.4 Å². The van der Waals surface area contributed by atoms with Gasteiger partial charge < -0.3 is 21.3 Å². The van der Waals surface area contributed by atoms with Crippen molar-refractivity contribution in [2.45, 2.75) is 33.2 Å². The second-order valence-corrected chi connectivity index (χ2v) is 8.18. The topological polar surface area (TPSA) is 99.3 Å². The standard InChI is InChI=1S/C22H26Cl2N4O3/c1-4-25-22(31)27-16-7-5-6-15(12-16)26-21(30)19(10-13(2)3)28-20(29)17-9-8-14(23)11-18(17)24/h5-9,11-13,19H,4,10H2,1-3H3,(H,26,30)(H,28,29)(H2,25,27,31). The average molecular weight is 465 g/mol. The van der Waals surface area contributed by atoms with Crippen LogP contribution in [-0.4, -0.2) is 30.4 Å². The first-order valence-corrected chi connectivity index (χ1v) is 10.7. The number of amides is 4. The Hall–Kier alpha value is -2.77. The Labute approximate surface area is 191 Å². The van der Waals surface area contributed by atoms with Crippen molar-refractivity contribution in [3.8, 4) is 0 Å². The van der Waals surface area contributed by atoms with E-state index in [2.05, 4.69) is 21.3 Å². The van der Waals surface area contributed by atoms with E-state index in [0.29, 0.717) is 29.4 Å². The van der Waals surface area contributed by atoms with E-state index in [0.717, 1.165) is 0 Å². The van der Waals surface area contributed by atoms with Crippen molar-refractivity contribution in [3.63, 3.8) is 0 Å². The van der Waals surface area contributed by atoms with Gasteiger partial charge in [0.15, 0.2) is 0 Å². The highest BCUT2D eigenvalue weighted by atomic mass is 35.5. The Morgan fingerprint density at radius 3 is 2.26 bits per heavy atom. The van der Waals surface area contributed by atoms with Gasteiger partial charge in [0.25, 0.3) is 5.91 Å². The minimum atomic E-state index is -0.778. The maximum atomic E-state index is 12.9. The van der Waals surface area contributed by atoms with Crippen LogP contribution < -0.4 is 21.3 Å². The molecule has 1 atom stereocenters. The first-order valence-electron chi connectivity index (χ1n) is 9.91. The van der Waals surface area contributed by atoms with Crippen LogP contribution in [0.25, 0.3) is 0 Å². The molecule has 0 aliphatic rings. The highest BCUT2D eigenvalue weighted by molar-refractivity contribution is 6.36. The Kier molecular flexibility index (Phi) is 9.15. The van der Waals surface area contributed by atoms with E-state index in [4.69, 9.17) is 23.2 Å². The Morgan fingerprint density at radius 2 is 1.65 bits per heavy atom. The number of hydrogen-bond donors (Lipinski definition) is 4. The summed E-state index contributed by atoms with van der Waals surface area (Å²) in [7, 11) is 0. The molecule has 7 nitrogen and oxygen atoms in total. The first kappa shape index (κ1) is 24.5. The lowest BCUT2D eigenvalue weighted by Crippen LogP contribution is -2.44. The van der Waals surface area contributed by atoms with Crippen LogP contribution in [0.1, 0.15) is 37.6 Å². The predicted octanol–water partition coefficient (Wildman–Crippen LogP) is 4.92. The van der Waals surface area contributed by atoms with Crippen LogP contribution in [0.15, 0.2) is 42.5 Å². The van der Waals surface area contributed by atoms with E-state index in [-0.39, 0.29) is 28.4 Å². The summed E-state index contributed by atoms with van der Waals surface area (Å²) in [5.74, 6) is -0.682. The second-order valence-electron chi connectivity index (χ2n) is 7.33. The van der Waals surface area contributed by atoms with Gasteiger partial charge in [0.05, 0.1) is 10.6 Å². The summed E-state index contributed by atoms with van der Waals surface area (Å²) in [6.45, 7) is 6.23. The number of urea groups is 1. The van der Waals surface area contributed by atoms with Crippen LogP contribution in [0.4, 0.5) is 16.2 Å². The lowest BCUT2D eigenvalue weighted by Gasteiger charge is -2.21. The van der Waals surface area contributed by atoms with E-state index < -0.39 is 11.9 Å². The molecular weight excluding hydrogens is 439 g/mol. The molecule has 0 saturated carbocycles. The molecule has 31 heavy (non-hydrogen) atoms. The fraction of sp³-hybridized carbons (Fsp3) is 0.318. The number of hydrogen-bond acceptors (Lipinski definition) is 3. The molecule has 9 heteroatoms. The van der Waals surface area contributed by atoms with Crippen LogP contribution in [0.3, 0.4) is 0 Å². The van der Waals surface area contributed by atoms with Gasteiger partial charge in [-0.1, -0.05) is 43.1 Å². The van der Waals surface area contributed by atoms with Crippen molar-refractivity contribution >= 4 is 52.4 Å². The number of carbonyl (C=O) groups excluding carboxylic acids is 3. The third kappa shape index (κ3) is 7.77. The van der Waals surface area contributed by atoms with Gasteiger partial charge >= 0.3 is 6.03 Å². The summed E-state index contributed by atoms with van der Waals surface area (Å²) < 4.78 is 0. The van der Waals surface area contributed by atoms with Crippen LogP contribution >= 0.6 is 23.2 Å². The first-order chi connectivity index (χ1) is 14.7. The summed E-state index contributed by atoms with van der Waals surface area (Å²) in [6, 6.07) is 10.2. The van der Waals surface area contributed by atoms with E-state index in [1.54, 1.807) is 30.3 Å². The van der Waals surface area contributed by atoms with Crippen molar-refractivity contribution in [1.82, 2.24) is 10.6 Å². The number of anilines is 2. The Bertz CT molecular complexity index is 950. The van der Waals surface area contributed by atoms with Gasteiger partial charge in [-0.3, -0.25) is 9.59 Å². The van der Waals surface area contributed by atoms with Crippen LogP contribution in [0.2, 0.25) is 10.0 Å². The summed E-state index contributed by atoms with van der Waals surface area (Å²) in [6.07, 6.45) is 0.430. The Balaban J connectivity index is 2.12. The minimum Gasteiger partial charge on any atom is -0.340 e. The minimum absolute atomic E-state index is 0.155. The molecule has 0 radical (unpaired) electrons. The maximum absolute atomic E-state index is 12.9. The quantitative estimate of drug-likeness (QED) is 0.446. The SMILES string of the molecule is CCNC(=O)Nc1cccc(NC(=O)C(CC(C)C)NC(=O)c2ccc(Cl)cc2Cl)c1. The molecule has 166 valence electrons. The summed E-state index contributed by atoms with van der Waals surface area (Å²) in [4.78, 5) is 37.3. The zero-order chi connectivity index (χ0) is 23.0. The summed E-state index contributed by atoms with van der Waals surface area (Å²) in [5.41, 5.74) is 1.26. The normalized spacial score (nSPS) is 11.5. The molecule has 1 unspecified atom stereocenters. The van der Waals surface area contributed by atoms with E-state index in [1.807, 2.05) is 20.8 Å². The third-order valence-corrected chi connectivity index (χ3v) is 4.78. The molecule has 0 bridgehead atoms. The van der Waals surface area contributed by atoms with E-state index in [9.17, 15) is 14.4 Å². The third-order valence-electron chi connectivity index (χ3n) is 4.23. The van der Waals surface area contributed by atoms with Gasteiger partial charge in [0, 0.05) is 22.9 Å². The van der Waals surface area contributed by atoms with Crippen molar-refractivity contribution in [1.29, 1.82) is 0 Å². The molecule has 0 spiro atoms. The van der Waals surface area contributed by atoms with Crippen LogP contribution in [0, 0.1) is 5.92 Å². The zero-order valence-electron chi connectivity index (χ0n) is 17.6. The molecule has 2 aromatic rings. The number of rotatable bonds is 8. The number of halogens is 2. The number of benzene rings is 2. The molecule has 4 amide bonds. The highest BCUT2D eigenvalue weighted by Gasteiger charge is 2.24. The van der Waals surface area contributed by atoms with Gasteiger partial charge in [-0.05, 0) is 55.7 Å². The largest absolute Gasteiger partial charge is 0.340 e. The van der Waals surface area contributed by atoms with Crippen molar-refractivity contribution in [2.24, 2.45) is 5.92 Å². The highest BCUT2D eigenvalue weighted by Crippen LogP contribution is 2.22. The van der Waals surface area contributed by atoms with E-state index in [1.165, 1.54) is 12.1 Å². The van der Waals surface area contributed by atoms with Crippen LogP contribution in [0.5, 0.6) is 0 Å².